The van der Waals surface area contributed by atoms with Crippen LogP contribution in [-0.2, 0) is 16.1 Å². The summed E-state index contributed by atoms with van der Waals surface area (Å²) in [5, 5.41) is 3.70. The van der Waals surface area contributed by atoms with E-state index >= 15 is 0 Å². The van der Waals surface area contributed by atoms with E-state index in [-0.39, 0.29) is 25.0 Å². The van der Waals surface area contributed by atoms with Crippen molar-refractivity contribution in [2.75, 3.05) is 13.2 Å². The number of hydrogen-bond donors (Lipinski definition) is 1. The summed E-state index contributed by atoms with van der Waals surface area (Å²) in [6, 6.07) is 11.8. The second-order valence-electron chi connectivity index (χ2n) is 6.79. The Balaban J connectivity index is 2.19. The maximum Gasteiger partial charge on any atom is 0.261 e. The number of carbonyl (C=O) groups excluding carboxylic acids is 2. The van der Waals surface area contributed by atoms with Crippen molar-refractivity contribution in [3.05, 3.63) is 63.6 Å². The van der Waals surface area contributed by atoms with Gasteiger partial charge in [0.1, 0.15) is 11.8 Å². The van der Waals surface area contributed by atoms with Crippen LogP contribution in [0.15, 0.2) is 42.5 Å². The van der Waals surface area contributed by atoms with Crippen LogP contribution in [0.2, 0.25) is 10.0 Å². The monoisotopic (exact) mass is 436 g/mol. The average molecular weight is 437 g/mol. The van der Waals surface area contributed by atoms with Crippen molar-refractivity contribution in [2.24, 2.45) is 0 Å². The molecule has 7 heteroatoms. The van der Waals surface area contributed by atoms with Crippen LogP contribution in [-0.4, -0.2) is 35.9 Å². The Labute approximate surface area is 181 Å². The fraction of sp³-hybridized carbons (Fsp3) is 0.364. The molecule has 156 valence electrons. The number of aryl methyl sites for hydroxylation is 1. The summed E-state index contributed by atoms with van der Waals surface area (Å²) in [6.45, 7) is 6.07. The number of halogens is 2. The Kier molecular flexibility index (Phi) is 8.80. The first kappa shape index (κ1) is 23.0. The maximum atomic E-state index is 13.0. The zero-order valence-corrected chi connectivity index (χ0v) is 18.4. The molecule has 2 amide bonds. The second-order valence-corrected chi connectivity index (χ2v) is 7.60. The molecular formula is C22H26Cl2N2O3. The quantitative estimate of drug-likeness (QED) is 0.623. The highest BCUT2D eigenvalue weighted by Crippen LogP contribution is 2.26. The summed E-state index contributed by atoms with van der Waals surface area (Å²) in [5.41, 5.74) is 1.69. The minimum absolute atomic E-state index is 0.106. The Hall–Kier alpha value is -2.24. The zero-order valence-electron chi connectivity index (χ0n) is 16.9. The first-order valence-electron chi connectivity index (χ1n) is 9.53. The normalized spacial score (nSPS) is 11.6. The third-order valence-corrected chi connectivity index (χ3v) is 5.20. The molecule has 0 bridgehead atoms. The van der Waals surface area contributed by atoms with Gasteiger partial charge in [0.2, 0.25) is 5.91 Å². The van der Waals surface area contributed by atoms with Gasteiger partial charge < -0.3 is 15.0 Å². The van der Waals surface area contributed by atoms with Gasteiger partial charge in [-0.15, -0.1) is 0 Å². The fourth-order valence-electron chi connectivity index (χ4n) is 2.69. The van der Waals surface area contributed by atoms with E-state index in [9.17, 15) is 9.59 Å². The van der Waals surface area contributed by atoms with Crippen molar-refractivity contribution in [1.82, 2.24) is 10.2 Å². The van der Waals surface area contributed by atoms with E-state index in [1.54, 1.807) is 37.3 Å². The number of hydrogen-bond acceptors (Lipinski definition) is 3. The van der Waals surface area contributed by atoms with Gasteiger partial charge in [0.25, 0.3) is 5.91 Å². The molecule has 0 heterocycles. The number of ether oxygens (including phenoxy) is 1. The van der Waals surface area contributed by atoms with Gasteiger partial charge in [-0.25, -0.2) is 0 Å². The number of rotatable bonds is 9. The topological polar surface area (TPSA) is 58.6 Å². The van der Waals surface area contributed by atoms with Crippen LogP contribution in [0, 0.1) is 6.92 Å². The van der Waals surface area contributed by atoms with Gasteiger partial charge in [-0.05, 0) is 44.5 Å². The molecule has 0 aliphatic heterocycles. The Morgan fingerprint density at radius 2 is 1.72 bits per heavy atom. The molecule has 0 aliphatic carbocycles. The standard InChI is InChI=1S/C22H26Cl2N2O3/c1-4-12-25-22(28)16(3)26(13-18-19(23)6-5-7-20(18)24)21(27)14-29-17-10-8-15(2)9-11-17/h5-11,16H,4,12-14H2,1-3H3,(H,25,28)/t16-/m0/s1. The van der Waals surface area contributed by atoms with Crippen molar-refractivity contribution in [3.63, 3.8) is 0 Å². The summed E-state index contributed by atoms with van der Waals surface area (Å²) in [6.07, 6.45) is 0.805. The number of nitrogens with one attached hydrogen (secondary N) is 1. The Bertz CT molecular complexity index is 820. The van der Waals surface area contributed by atoms with E-state index < -0.39 is 6.04 Å². The smallest absolute Gasteiger partial charge is 0.261 e. The lowest BCUT2D eigenvalue weighted by atomic mass is 10.1. The van der Waals surface area contributed by atoms with E-state index in [4.69, 9.17) is 27.9 Å². The highest BCUT2D eigenvalue weighted by molar-refractivity contribution is 6.36. The lowest BCUT2D eigenvalue weighted by molar-refractivity contribution is -0.142. The highest BCUT2D eigenvalue weighted by Gasteiger charge is 2.27. The molecule has 0 aromatic heterocycles. The van der Waals surface area contributed by atoms with Gasteiger partial charge in [-0.1, -0.05) is 53.9 Å². The van der Waals surface area contributed by atoms with Gasteiger partial charge >= 0.3 is 0 Å². The molecule has 2 aromatic rings. The van der Waals surface area contributed by atoms with Gasteiger partial charge in [0, 0.05) is 28.7 Å². The number of benzene rings is 2. The van der Waals surface area contributed by atoms with E-state index in [1.807, 2.05) is 26.0 Å². The fourth-order valence-corrected chi connectivity index (χ4v) is 3.21. The van der Waals surface area contributed by atoms with Crippen molar-refractivity contribution in [1.29, 1.82) is 0 Å². The predicted octanol–water partition coefficient (Wildman–Crippen LogP) is 4.62. The van der Waals surface area contributed by atoms with Crippen molar-refractivity contribution in [3.8, 4) is 5.75 Å². The van der Waals surface area contributed by atoms with Crippen LogP contribution in [0.4, 0.5) is 0 Å². The van der Waals surface area contributed by atoms with Gasteiger partial charge in [0.05, 0.1) is 0 Å². The van der Waals surface area contributed by atoms with Crippen LogP contribution in [0.5, 0.6) is 5.75 Å². The minimum atomic E-state index is -0.706. The molecule has 1 N–H and O–H groups in total. The van der Waals surface area contributed by atoms with Crippen molar-refractivity contribution < 1.29 is 14.3 Å². The predicted molar refractivity (Wildman–Crippen MR) is 116 cm³/mol. The molecule has 0 radical (unpaired) electrons. The largest absolute Gasteiger partial charge is 0.484 e. The van der Waals surface area contributed by atoms with Crippen LogP contribution in [0.25, 0.3) is 0 Å². The molecule has 5 nitrogen and oxygen atoms in total. The Morgan fingerprint density at radius 3 is 2.31 bits per heavy atom. The van der Waals surface area contributed by atoms with E-state index in [2.05, 4.69) is 5.32 Å². The molecule has 0 saturated heterocycles. The van der Waals surface area contributed by atoms with Crippen LogP contribution < -0.4 is 10.1 Å². The molecule has 0 spiro atoms. The van der Waals surface area contributed by atoms with Crippen molar-refractivity contribution >= 4 is 35.0 Å². The van der Waals surface area contributed by atoms with Crippen LogP contribution >= 0.6 is 23.2 Å². The van der Waals surface area contributed by atoms with Crippen LogP contribution in [0.1, 0.15) is 31.4 Å². The minimum Gasteiger partial charge on any atom is -0.484 e. The summed E-state index contributed by atoms with van der Waals surface area (Å²) in [5.74, 6) is 0.0159. The number of carbonyl (C=O) groups is 2. The molecule has 29 heavy (non-hydrogen) atoms. The first-order valence-corrected chi connectivity index (χ1v) is 10.3. The Morgan fingerprint density at radius 1 is 1.10 bits per heavy atom. The number of nitrogens with zero attached hydrogens (tertiary/aromatic N) is 1. The maximum absolute atomic E-state index is 13.0. The summed E-state index contributed by atoms with van der Waals surface area (Å²) in [7, 11) is 0. The molecule has 0 saturated carbocycles. The highest BCUT2D eigenvalue weighted by atomic mass is 35.5. The summed E-state index contributed by atoms with van der Waals surface area (Å²) >= 11 is 12.6. The summed E-state index contributed by atoms with van der Waals surface area (Å²) in [4.78, 5) is 26.9. The first-order chi connectivity index (χ1) is 13.8. The second kappa shape index (κ2) is 11.1. The molecular weight excluding hydrogens is 411 g/mol. The van der Waals surface area contributed by atoms with E-state index in [0.29, 0.717) is 27.9 Å². The third-order valence-electron chi connectivity index (χ3n) is 4.49. The molecule has 0 unspecified atom stereocenters. The number of amides is 2. The van der Waals surface area contributed by atoms with Crippen molar-refractivity contribution in [2.45, 2.75) is 39.8 Å². The SMILES string of the molecule is CCCNC(=O)[C@H](C)N(Cc1c(Cl)cccc1Cl)C(=O)COc1ccc(C)cc1. The third kappa shape index (κ3) is 6.65. The lowest BCUT2D eigenvalue weighted by Crippen LogP contribution is -2.49. The average Bonchev–Trinajstić information content (AvgIpc) is 2.70. The molecule has 0 aliphatic rings. The van der Waals surface area contributed by atoms with Gasteiger partial charge in [-0.3, -0.25) is 9.59 Å². The molecule has 1 atom stereocenters. The molecule has 2 rings (SSSR count). The zero-order chi connectivity index (χ0) is 21.4. The lowest BCUT2D eigenvalue weighted by Gasteiger charge is -2.29. The van der Waals surface area contributed by atoms with Gasteiger partial charge in [0.15, 0.2) is 6.61 Å². The molecule has 0 fully saturated rings. The van der Waals surface area contributed by atoms with Crippen LogP contribution in [0.3, 0.4) is 0 Å². The van der Waals surface area contributed by atoms with E-state index in [1.165, 1.54) is 4.90 Å². The van der Waals surface area contributed by atoms with E-state index in [0.717, 1.165) is 12.0 Å². The summed E-state index contributed by atoms with van der Waals surface area (Å²) < 4.78 is 5.62. The molecule has 2 aromatic carbocycles. The van der Waals surface area contributed by atoms with Gasteiger partial charge in [-0.2, -0.15) is 0 Å².